The molecule has 0 fully saturated rings. The van der Waals surface area contributed by atoms with E-state index >= 15 is 0 Å². The normalized spacial score (nSPS) is 13.2. The van der Waals surface area contributed by atoms with Gasteiger partial charge in [-0.2, -0.15) is 0 Å². The largest absolute Gasteiger partial charge is 0.480 e. The average molecular weight is 340 g/mol. The molecule has 1 unspecified atom stereocenters. The van der Waals surface area contributed by atoms with Gasteiger partial charge in [0.2, 0.25) is 10.0 Å². The van der Waals surface area contributed by atoms with E-state index in [4.69, 9.17) is 5.11 Å². The molecular weight excluding hydrogens is 320 g/mol. The third-order valence-corrected chi connectivity index (χ3v) is 4.94. The Kier molecular flexibility index (Phi) is 6.47. The van der Waals surface area contributed by atoms with Crippen LogP contribution in [-0.2, 0) is 14.8 Å². The van der Waals surface area contributed by atoms with Gasteiger partial charge in [0.05, 0.1) is 4.90 Å². The van der Waals surface area contributed by atoms with Crippen molar-refractivity contribution < 1.29 is 23.1 Å². The lowest BCUT2D eigenvalue weighted by Crippen LogP contribution is -2.40. The van der Waals surface area contributed by atoms with Crippen LogP contribution < -0.4 is 5.32 Å². The first-order valence-electron chi connectivity index (χ1n) is 6.87. The lowest BCUT2D eigenvalue weighted by atomic mass is 10.1. The maximum atomic E-state index is 12.1. The van der Waals surface area contributed by atoms with Crippen LogP contribution in [0, 0.1) is 0 Å². The van der Waals surface area contributed by atoms with Crippen molar-refractivity contribution in [3.63, 3.8) is 0 Å². The minimum absolute atomic E-state index is 0.0581. The van der Waals surface area contributed by atoms with E-state index in [1.54, 1.807) is 19.1 Å². The zero-order chi connectivity index (χ0) is 17.6. The first kappa shape index (κ1) is 18.9. The van der Waals surface area contributed by atoms with Gasteiger partial charge in [-0.05, 0) is 37.6 Å². The van der Waals surface area contributed by atoms with Gasteiger partial charge in [-0.25, -0.2) is 17.5 Å². The number of sulfonamides is 1. The van der Waals surface area contributed by atoms with E-state index in [0.717, 1.165) is 4.31 Å². The summed E-state index contributed by atoms with van der Waals surface area (Å²) in [7, 11) is -0.747. The third-order valence-electron chi connectivity index (χ3n) is 3.11. The Hall–Kier alpha value is -2.19. The molecule has 126 valence electrons. The predicted molar refractivity (Wildman–Crippen MR) is 85.6 cm³/mol. The summed E-state index contributed by atoms with van der Waals surface area (Å²) in [4.78, 5) is 23.2. The molecule has 2 N–H and O–H groups in total. The van der Waals surface area contributed by atoms with E-state index in [1.165, 1.54) is 38.4 Å². The number of carboxylic acid groups (broad SMARTS) is 1. The van der Waals surface area contributed by atoms with Crippen LogP contribution in [0.3, 0.4) is 0 Å². The summed E-state index contributed by atoms with van der Waals surface area (Å²) in [6.45, 7) is 1.75. The molecule has 0 aliphatic heterocycles. The number of carbonyl (C=O) groups is 2. The van der Waals surface area contributed by atoms with Gasteiger partial charge in [0, 0.05) is 19.7 Å². The Bertz CT molecular complexity index is 693. The molecule has 0 radical (unpaired) electrons. The number of hydrogen-bond acceptors (Lipinski definition) is 4. The van der Waals surface area contributed by atoms with E-state index < -0.39 is 27.9 Å². The summed E-state index contributed by atoms with van der Waals surface area (Å²) >= 11 is 0. The fourth-order valence-corrected chi connectivity index (χ4v) is 2.63. The molecule has 0 bridgehead atoms. The topological polar surface area (TPSA) is 104 Å². The minimum atomic E-state index is -3.57. The molecule has 23 heavy (non-hydrogen) atoms. The summed E-state index contributed by atoms with van der Waals surface area (Å²) in [6, 6.07) is 4.28. The van der Waals surface area contributed by atoms with Crippen LogP contribution in [0.25, 0.3) is 0 Å². The number of carbonyl (C=O) groups excluding carboxylic acids is 1. The smallest absolute Gasteiger partial charge is 0.326 e. The first-order valence-corrected chi connectivity index (χ1v) is 8.31. The molecule has 7 nitrogen and oxygen atoms in total. The van der Waals surface area contributed by atoms with Crippen molar-refractivity contribution in [1.29, 1.82) is 0 Å². The fraction of sp³-hybridized carbons (Fsp3) is 0.333. The Labute approximate surface area is 135 Å². The standard InChI is InChI=1S/C15H20N2O5S/c1-4-5-6-13(15(19)20)16-14(18)11-7-9-12(10-8-11)23(21,22)17(2)3/h4-5,7-10,13H,6H2,1-3H3,(H,16,18)(H,19,20)/b5-4+. The van der Waals surface area contributed by atoms with Crippen molar-refractivity contribution in [3.05, 3.63) is 42.0 Å². The van der Waals surface area contributed by atoms with Crippen molar-refractivity contribution in [2.24, 2.45) is 0 Å². The summed E-state index contributed by atoms with van der Waals surface area (Å²) in [5, 5.41) is 11.5. The number of nitrogens with zero attached hydrogens (tertiary/aromatic N) is 1. The summed E-state index contributed by atoms with van der Waals surface area (Å²) in [5.74, 6) is -1.71. The number of benzene rings is 1. The highest BCUT2D eigenvalue weighted by Crippen LogP contribution is 2.14. The highest BCUT2D eigenvalue weighted by molar-refractivity contribution is 7.89. The molecular formula is C15H20N2O5S. The van der Waals surface area contributed by atoms with Gasteiger partial charge in [0.25, 0.3) is 5.91 Å². The quantitative estimate of drug-likeness (QED) is 0.723. The van der Waals surface area contributed by atoms with Crippen molar-refractivity contribution in [2.45, 2.75) is 24.3 Å². The summed E-state index contributed by atoms with van der Waals surface area (Å²) in [5.41, 5.74) is 0.189. The minimum Gasteiger partial charge on any atom is -0.480 e. The van der Waals surface area contributed by atoms with Gasteiger partial charge in [0.15, 0.2) is 0 Å². The van der Waals surface area contributed by atoms with Crippen LogP contribution in [0.4, 0.5) is 0 Å². The van der Waals surface area contributed by atoms with Crippen molar-refractivity contribution in [2.75, 3.05) is 14.1 Å². The third kappa shape index (κ3) is 4.90. The number of aliphatic carboxylic acids is 1. The number of hydrogen-bond donors (Lipinski definition) is 2. The number of allylic oxidation sites excluding steroid dienone is 1. The fourth-order valence-electron chi connectivity index (χ4n) is 1.72. The molecule has 1 aromatic rings. The predicted octanol–water partition coefficient (Wildman–Crippen LogP) is 1.09. The molecule has 0 saturated carbocycles. The molecule has 8 heteroatoms. The first-order chi connectivity index (χ1) is 10.7. The second-order valence-corrected chi connectivity index (χ2v) is 7.13. The lowest BCUT2D eigenvalue weighted by Gasteiger charge is -2.14. The molecule has 0 saturated heterocycles. The van der Waals surface area contributed by atoms with Crippen LogP contribution in [-0.4, -0.2) is 49.8 Å². The molecule has 0 spiro atoms. The summed E-state index contributed by atoms with van der Waals surface area (Å²) < 4.78 is 24.9. The zero-order valence-corrected chi connectivity index (χ0v) is 14.0. The van der Waals surface area contributed by atoms with Crippen molar-refractivity contribution in [3.8, 4) is 0 Å². The van der Waals surface area contributed by atoms with Crippen LogP contribution in [0.2, 0.25) is 0 Å². The highest BCUT2D eigenvalue weighted by Gasteiger charge is 2.21. The van der Waals surface area contributed by atoms with E-state index in [-0.39, 0.29) is 16.9 Å². The molecule has 1 atom stereocenters. The number of nitrogens with one attached hydrogen (secondary N) is 1. The monoisotopic (exact) mass is 340 g/mol. The molecule has 0 aromatic heterocycles. The Morgan fingerprint density at radius 3 is 2.26 bits per heavy atom. The molecule has 1 aromatic carbocycles. The Morgan fingerprint density at radius 2 is 1.83 bits per heavy atom. The van der Waals surface area contributed by atoms with Crippen LogP contribution in [0.5, 0.6) is 0 Å². The molecule has 0 heterocycles. The number of rotatable bonds is 7. The van der Waals surface area contributed by atoms with E-state index in [2.05, 4.69) is 5.32 Å². The van der Waals surface area contributed by atoms with E-state index in [9.17, 15) is 18.0 Å². The lowest BCUT2D eigenvalue weighted by molar-refractivity contribution is -0.139. The molecule has 0 aliphatic rings. The maximum absolute atomic E-state index is 12.1. The molecule has 1 rings (SSSR count). The van der Waals surface area contributed by atoms with Crippen LogP contribution in [0.1, 0.15) is 23.7 Å². The van der Waals surface area contributed by atoms with Gasteiger partial charge in [-0.15, -0.1) is 0 Å². The Balaban J connectivity index is 2.91. The van der Waals surface area contributed by atoms with Gasteiger partial charge >= 0.3 is 5.97 Å². The van der Waals surface area contributed by atoms with Gasteiger partial charge in [-0.3, -0.25) is 4.79 Å². The molecule has 1 amide bonds. The Morgan fingerprint density at radius 1 is 1.26 bits per heavy atom. The van der Waals surface area contributed by atoms with E-state index in [0.29, 0.717) is 0 Å². The summed E-state index contributed by atoms with van der Waals surface area (Å²) in [6.07, 6.45) is 3.51. The second kappa shape index (κ2) is 7.89. The van der Waals surface area contributed by atoms with Crippen molar-refractivity contribution in [1.82, 2.24) is 9.62 Å². The average Bonchev–Trinajstić information content (AvgIpc) is 2.50. The zero-order valence-electron chi connectivity index (χ0n) is 13.2. The van der Waals surface area contributed by atoms with Crippen LogP contribution >= 0.6 is 0 Å². The van der Waals surface area contributed by atoms with Gasteiger partial charge in [0.1, 0.15) is 6.04 Å². The van der Waals surface area contributed by atoms with Gasteiger partial charge in [-0.1, -0.05) is 12.2 Å². The second-order valence-electron chi connectivity index (χ2n) is 4.98. The van der Waals surface area contributed by atoms with Crippen molar-refractivity contribution >= 4 is 21.9 Å². The van der Waals surface area contributed by atoms with Gasteiger partial charge < -0.3 is 10.4 Å². The van der Waals surface area contributed by atoms with E-state index in [1.807, 2.05) is 0 Å². The number of carboxylic acids is 1. The highest BCUT2D eigenvalue weighted by atomic mass is 32.2. The number of amides is 1. The SMILES string of the molecule is C/C=C/CC(NC(=O)c1ccc(S(=O)(=O)N(C)C)cc1)C(=O)O. The maximum Gasteiger partial charge on any atom is 0.326 e. The molecule has 0 aliphatic carbocycles. The van der Waals surface area contributed by atoms with Crippen LogP contribution in [0.15, 0.2) is 41.3 Å².